The molecule has 0 atom stereocenters. The summed E-state index contributed by atoms with van der Waals surface area (Å²) in [4.78, 5) is 11.8. The SMILES string of the molecule is CCOc1ccc(-c2c(C)sc3nc(C)nc(Nc4c(C)cccc4CC)c23)cc1. The lowest BCUT2D eigenvalue weighted by Crippen LogP contribution is -2.02. The van der Waals surface area contributed by atoms with Crippen molar-refractivity contribution in [1.29, 1.82) is 0 Å². The third-order valence-corrected chi connectivity index (χ3v) is 6.28. The van der Waals surface area contributed by atoms with Crippen molar-refractivity contribution in [2.45, 2.75) is 41.0 Å². The van der Waals surface area contributed by atoms with Crippen molar-refractivity contribution in [2.75, 3.05) is 11.9 Å². The fourth-order valence-electron chi connectivity index (χ4n) is 3.86. The molecule has 0 saturated heterocycles. The van der Waals surface area contributed by atoms with E-state index in [9.17, 15) is 0 Å². The van der Waals surface area contributed by atoms with Crippen molar-refractivity contribution < 1.29 is 4.74 Å². The summed E-state index contributed by atoms with van der Waals surface area (Å²) in [5.41, 5.74) is 5.98. The summed E-state index contributed by atoms with van der Waals surface area (Å²) in [5.74, 6) is 2.53. The zero-order valence-corrected chi connectivity index (χ0v) is 19.0. The summed E-state index contributed by atoms with van der Waals surface area (Å²) in [5, 5.41) is 4.74. The molecule has 1 N–H and O–H groups in total. The number of rotatable bonds is 6. The van der Waals surface area contributed by atoms with Crippen LogP contribution >= 0.6 is 11.3 Å². The van der Waals surface area contributed by atoms with Crippen LogP contribution in [0.15, 0.2) is 42.5 Å². The molecule has 4 aromatic rings. The van der Waals surface area contributed by atoms with Gasteiger partial charge in [0.2, 0.25) is 0 Å². The number of benzene rings is 2. The molecular formula is C25H27N3OS. The first-order valence-corrected chi connectivity index (χ1v) is 11.2. The molecule has 0 bridgehead atoms. The van der Waals surface area contributed by atoms with Crippen molar-refractivity contribution in [3.05, 3.63) is 64.3 Å². The third-order valence-electron chi connectivity index (χ3n) is 5.28. The van der Waals surface area contributed by atoms with Crippen LogP contribution in [0, 0.1) is 20.8 Å². The highest BCUT2D eigenvalue weighted by Crippen LogP contribution is 2.42. The molecule has 0 spiro atoms. The average molecular weight is 418 g/mol. The molecule has 154 valence electrons. The molecule has 0 aliphatic rings. The predicted molar refractivity (Wildman–Crippen MR) is 127 cm³/mol. The molecule has 4 rings (SSSR count). The molecule has 0 aliphatic carbocycles. The van der Waals surface area contributed by atoms with E-state index in [1.165, 1.54) is 21.6 Å². The van der Waals surface area contributed by atoms with Gasteiger partial charge < -0.3 is 10.1 Å². The smallest absolute Gasteiger partial charge is 0.143 e. The van der Waals surface area contributed by atoms with Gasteiger partial charge in [-0.05, 0) is 62.9 Å². The monoisotopic (exact) mass is 417 g/mol. The Hall–Kier alpha value is -2.92. The Labute approximate surface area is 182 Å². The average Bonchev–Trinajstić information content (AvgIpc) is 3.06. The maximum Gasteiger partial charge on any atom is 0.143 e. The molecule has 30 heavy (non-hydrogen) atoms. The summed E-state index contributed by atoms with van der Waals surface area (Å²) in [7, 11) is 0. The minimum Gasteiger partial charge on any atom is -0.494 e. The minimum absolute atomic E-state index is 0.664. The van der Waals surface area contributed by atoms with Gasteiger partial charge in [-0.15, -0.1) is 11.3 Å². The Morgan fingerprint density at radius 2 is 1.73 bits per heavy atom. The van der Waals surface area contributed by atoms with Gasteiger partial charge in [0, 0.05) is 16.1 Å². The number of aryl methyl sites for hydroxylation is 4. The van der Waals surface area contributed by atoms with Crippen molar-refractivity contribution in [1.82, 2.24) is 9.97 Å². The molecule has 5 heteroatoms. The van der Waals surface area contributed by atoms with Crippen LogP contribution in [0.4, 0.5) is 11.5 Å². The van der Waals surface area contributed by atoms with E-state index in [1.54, 1.807) is 11.3 Å². The Balaban J connectivity index is 1.89. The number of ether oxygens (including phenoxy) is 1. The van der Waals surface area contributed by atoms with E-state index in [2.05, 4.69) is 56.4 Å². The van der Waals surface area contributed by atoms with Gasteiger partial charge in [0.25, 0.3) is 0 Å². The van der Waals surface area contributed by atoms with Gasteiger partial charge in [0.1, 0.15) is 22.2 Å². The van der Waals surface area contributed by atoms with Gasteiger partial charge in [-0.2, -0.15) is 0 Å². The van der Waals surface area contributed by atoms with E-state index in [1.807, 2.05) is 26.0 Å². The normalized spacial score (nSPS) is 11.1. The van der Waals surface area contributed by atoms with E-state index < -0.39 is 0 Å². The lowest BCUT2D eigenvalue weighted by atomic mass is 10.0. The minimum atomic E-state index is 0.664. The molecule has 0 saturated carbocycles. The predicted octanol–water partition coefficient (Wildman–Crippen LogP) is 6.99. The lowest BCUT2D eigenvalue weighted by Gasteiger charge is -2.15. The topological polar surface area (TPSA) is 47.0 Å². The first-order chi connectivity index (χ1) is 14.5. The quantitative estimate of drug-likeness (QED) is 0.367. The number of anilines is 2. The number of nitrogens with one attached hydrogen (secondary N) is 1. The van der Waals surface area contributed by atoms with Crippen molar-refractivity contribution in [2.24, 2.45) is 0 Å². The molecule has 0 radical (unpaired) electrons. The van der Waals surface area contributed by atoms with Crippen LogP contribution < -0.4 is 10.1 Å². The van der Waals surface area contributed by atoms with E-state index in [4.69, 9.17) is 14.7 Å². The van der Waals surface area contributed by atoms with Gasteiger partial charge in [0.15, 0.2) is 0 Å². The van der Waals surface area contributed by atoms with Gasteiger partial charge in [-0.3, -0.25) is 0 Å². The number of thiophene rings is 1. The second-order valence-electron chi connectivity index (χ2n) is 7.38. The molecule has 0 amide bonds. The van der Waals surface area contributed by atoms with Crippen LogP contribution in [0.1, 0.15) is 35.7 Å². The maximum atomic E-state index is 5.62. The molecule has 0 aliphatic heterocycles. The van der Waals surface area contributed by atoms with Crippen molar-refractivity contribution in [3.8, 4) is 16.9 Å². The van der Waals surface area contributed by atoms with Crippen LogP contribution in [0.5, 0.6) is 5.75 Å². The number of aromatic nitrogens is 2. The second kappa shape index (κ2) is 8.44. The van der Waals surface area contributed by atoms with E-state index in [0.29, 0.717) is 6.61 Å². The van der Waals surface area contributed by atoms with Crippen LogP contribution in [0.3, 0.4) is 0 Å². The van der Waals surface area contributed by atoms with Crippen LogP contribution in [-0.2, 0) is 6.42 Å². The van der Waals surface area contributed by atoms with Crippen molar-refractivity contribution >= 4 is 33.1 Å². The molecular weight excluding hydrogens is 390 g/mol. The molecule has 2 heterocycles. The fourth-order valence-corrected chi connectivity index (χ4v) is 4.95. The van der Waals surface area contributed by atoms with Gasteiger partial charge >= 0.3 is 0 Å². The Morgan fingerprint density at radius 1 is 0.967 bits per heavy atom. The molecule has 0 fully saturated rings. The van der Waals surface area contributed by atoms with Crippen LogP contribution in [-0.4, -0.2) is 16.6 Å². The third kappa shape index (κ3) is 3.77. The Kier molecular flexibility index (Phi) is 5.73. The number of hydrogen-bond acceptors (Lipinski definition) is 5. The maximum absolute atomic E-state index is 5.62. The highest BCUT2D eigenvalue weighted by molar-refractivity contribution is 7.19. The van der Waals surface area contributed by atoms with Crippen molar-refractivity contribution in [3.63, 3.8) is 0 Å². The van der Waals surface area contributed by atoms with E-state index in [0.717, 1.165) is 45.3 Å². The van der Waals surface area contributed by atoms with Crippen LogP contribution in [0.25, 0.3) is 21.3 Å². The standard InChI is InChI=1S/C25H27N3OS/c1-6-18-10-8-9-15(3)23(18)28-24-22-21(16(4)30-25(22)27-17(5)26-24)19-11-13-20(14-12-19)29-7-2/h8-14H,6-7H2,1-5H3,(H,26,27,28). The number of nitrogens with zero attached hydrogens (tertiary/aromatic N) is 2. The van der Waals surface area contributed by atoms with Gasteiger partial charge in [-0.25, -0.2) is 9.97 Å². The zero-order valence-electron chi connectivity index (χ0n) is 18.2. The molecule has 0 unspecified atom stereocenters. The van der Waals surface area contributed by atoms with E-state index >= 15 is 0 Å². The highest BCUT2D eigenvalue weighted by atomic mass is 32.1. The highest BCUT2D eigenvalue weighted by Gasteiger charge is 2.19. The Bertz CT molecular complexity index is 1200. The zero-order chi connectivity index (χ0) is 21.3. The second-order valence-corrected chi connectivity index (χ2v) is 8.58. The first kappa shape index (κ1) is 20.4. The van der Waals surface area contributed by atoms with Crippen LogP contribution in [0.2, 0.25) is 0 Å². The summed E-state index contributed by atoms with van der Waals surface area (Å²) in [6, 6.07) is 14.7. The van der Waals surface area contributed by atoms with Gasteiger partial charge in [0.05, 0.1) is 12.0 Å². The summed E-state index contributed by atoms with van der Waals surface area (Å²) in [6.45, 7) is 11.1. The first-order valence-electron chi connectivity index (χ1n) is 10.4. The summed E-state index contributed by atoms with van der Waals surface area (Å²) >= 11 is 1.72. The Morgan fingerprint density at radius 3 is 2.43 bits per heavy atom. The summed E-state index contributed by atoms with van der Waals surface area (Å²) in [6.07, 6.45) is 0.964. The molecule has 4 nitrogen and oxygen atoms in total. The summed E-state index contributed by atoms with van der Waals surface area (Å²) < 4.78 is 5.62. The molecule has 2 aromatic carbocycles. The lowest BCUT2D eigenvalue weighted by molar-refractivity contribution is 0.340. The number of fused-ring (bicyclic) bond motifs is 1. The molecule has 2 aromatic heterocycles. The fraction of sp³-hybridized carbons (Fsp3) is 0.280. The van der Waals surface area contributed by atoms with Gasteiger partial charge in [-0.1, -0.05) is 37.3 Å². The van der Waals surface area contributed by atoms with E-state index in [-0.39, 0.29) is 0 Å². The largest absolute Gasteiger partial charge is 0.494 e. The number of hydrogen-bond donors (Lipinski definition) is 1. The number of para-hydroxylation sites is 1.